The third-order valence-corrected chi connectivity index (χ3v) is 6.71. The van der Waals surface area contributed by atoms with E-state index in [4.69, 9.17) is 9.47 Å². The molecule has 5 rings (SSSR count). The van der Waals surface area contributed by atoms with Gasteiger partial charge in [0.25, 0.3) is 5.56 Å². The van der Waals surface area contributed by atoms with Crippen molar-refractivity contribution in [3.05, 3.63) is 112 Å². The van der Waals surface area contributed by atoms with Gasteiger partial charge in [-0.15, -0.1) is 0 Å². The molecule has 0 saturated carbocycles. The summed E-state index contributed by atoms with van der Waals surface area (Å²) in [5.74, 6) is -0.129. The summed E-state index contributed by atoms with van der Waals surface area (Å²) in [7, 11) is 0. The minimum Gasteiger partial charge on any atom is -0.481 e. The Bertz CT molecular complexity index is 1720. The van der Waals surface area contributed by atoms with Crippen LogP contribution in [-0.2, 0) is 11.3 Å². The lowest BCUT2D eigenvalue weighted by molar-refractivity contribution is -0.137. The number of ether oxygens (including phenoxy) is 2. The van der Waals surface area contributed by atoms with E-state index in [0.29, 0.717) is 28.4 Å². The molecule has 0 aliphatic carbocycles. The molecule has 5 N–H and O–H groups in total. The summed E-state index contributed by atoms with van der Waals surface area (Å²) in [5.41, 5.74) is 3.10. The van der Waals surface area contributed by atoms with E-state index in [9.17, 15) is 24.3 Å². The number of amides is 4. The normalized spacial score (nSPS) is 12.2. The van der Waals surface area contributed by atoms with Crippen molar-refractivity contribution in [2.24, 2.45) is 0 Å². The first-order chi connectivity index (χ1) is 20.7. The Hall–Kier alpha value is -5.78. The van der Waals surface area contributed by atoms with Crippen LogP contribution in [0.5, 0.6) is 11.5 Å². The fourth-order valence-corrected chi connectivity index (χ4v) is 4.52. The van der Waals surface area contributed by atoms with Crippen LogP contribution < -0.4 is 36.3 Å². The largest absolute Gasteiger partial charge is 0.481 e. The molecule has 0 radical (unpaired) electrons. The number of urea groups is 2. The Balaban J connectivity index is 1.21. The molecule has 3 aromatic carbocycles. The third kappa shape index (κ3) is 7.30. The van der Waals surface area contributed by atoms with Crippen LogP contribution >= 0.6 is 0 Å². The van der Waals surface area contributed by atoms with E-state index in [1.165, 1.54) is 10.6 Å². The van der Waals surface area contributed by atoms with Crippen molar-refractivity contribution in [1.29, 1.82) is 0 Å². The molecule has 43 heavy (non-hydrogen) atoms. The summed E-state index contributed by atoms with van der Waals surface area (Å²) >= 11 is 0. The number of nitrogens with zero attached hydrogens (tertiary/aromatic N) is 1. The standard InChI is InChI=1S/C31H29N5O7/c1-19-5-2-3-6-23(19)33-30(40)32-22-11-8-20(9-12-22)17-36-14-4-7-24(29(36)39)34-31(41)35-25(16-28(37)38)21-10-13-26-27(15-21)43-18-42-26/h2-15,25H,16-18H2,1H3,(H,37,38)(H2,32,33,40)(H2,34,35,41)/t25-/m0/s1. The predicted octanol–water partition coefficient (Wildman–Crippen LogP) is 4.92. The van der Waals surface area contributed by atoms with Gasteiger partial charge < -0.3 is 40.4 Å². The van der Waals surface area contributed by atoms with Gasteiger partial charge in [0.1, 0.15) is 5.69 Å². The van der Waals surface area contributed by atoms with Gasteiger partial charge in [0.05, 0.1) is 19.0 Å². The highest BCUT2D eigenvalue weighted by Crippen LogP contribution is 2.34. The zero-order chi connectivity index (χ0) is 30.3. The number of pyridine rings is 1. The van der Waals surface area contributed by atoms with Crippen LogP contribution in [-0.4, -0.2) is 34.5 Å². The highest BCUT2D eigenvalue weighted by molar-refractivity contribution is 6.00. The summed E-state index contributed by atoms with van der Waals surface area (Å²) in [6.07, 6.45) is 1.21. The molecule has 0 bridgehead atoms. The first-order valence-corrected chi connectivity index (χ1v) is 13.4. The molecule has 12 nitrogen and oxygen atoms in total. The number of aromatic nitrogens is 1. The number of hydrogen-bond acceptors (Lipinski definition) is 6. The zero-order valence-corrected chi connectivity index (χ0v) is 23.1. The topological polar surface area (TPSA) is 160 Å². The number of anilines is 3. The van der Waals surface area contributed by atoms with Gasteiger partial charge in [-0.2, -0.15) is 0 Å². The smallest absolute Gasteiger partial charge is 0.323 e. The number of aliphatic carboxylic acids is 1. The Labute approximate surface area is 246 Å². The number of carbonyl (C=O) groups is 3. The van der Waals surface area contributed by atoms with Crippen molar-refractivity contribution in [3.8, 4) is 11.5 Å². The maximum atomic E-state index is 13.1. The molecule has 2 heterocycles. The average molecular weight is 584 g/mol. The summed E-state index contributed by atoms with van der Waals surface area (Å²) in [6, 6.07) is 20.5. The SMILES string of the molecule is Cc1ccccc1NC(=O)Nc1ccc(Cn2cccc(NC(=O)N[C@@H](CC(=O)O)c3ccc4c(c3)OCO4)c2=O)cc1. The van der Waals surface area contributed by atoms with Gasteiger partial charge >= 0.3 is 18.0 Å². The minimum absolute atomic E-state index is 0.0194. The van der Waals surface area contributed by atoms with Gasteiger partial charge in [-0.1, -0.05) is 36.4 Å². The quantitative estimate of drug-likeness (QED) is 0.187. The van der Waals surface area contributed by atoms with Gasteiger partial charge in [-0.25, -0.2) is 9.59 Å². The summed E-state index contributed by atoms with van der Waals surface area (Å²) < 4.78 is 12.1. The van der Waals surface area contributed by atoms with E-state index in [2.05, 4.69) is 21.3 Å². The molecular formula is C31H29N5O7. The van der Waals surface area contributed by atoms with Crippen LogP contribution in [0.4, 0.5) is 26.7 Å². The van der Waals surface area contributed by atoms with Crippen molar-refractivity contribution in [3.63, 3.8) is 0 Å². The number of carboxylic acids is 1. The molecule has 0 saturated heterocycles. The fourth-order valence-electron chi connectivity index (χ4n) is 4.52. The monoisotopic (exact) mass is 583 g/mol. The van der Waals surface area contributed by atoms with E-state index < -0.39 is 23.6 Å². The van der Waals surface area contributed by atoms with Crippen LogP contribution in [0.3, 0.4) is 0 Å². The molecule has 0 unspecified atom stereocenters. The second kappa shape index (κ2) is 12.8. The lowest BCUT2D eigenvalue weighted by Gasteiger charge is -2.18. The molecule has 1 aliphatic rings. The molecule has 4 aromatic rings. The first-order valence-electron chi connectivity index (χ1n) is 13.4. The molecule has 4 amide bonds. The highest BCUT2D eigenvalue weighted by atomic mass is 16.7. The molecule has 220 valence electrons. The number of rotatable bonds is 9. The molecule has 0 fully saturated rings. The first kappa shape index (κ1) is 28.7. The second-order valence-electron chi connectivity index (χ2n) is 9.81. The van der Waals surface area contributed by atoms with E-state index in [0.717, 1.165) is 11.1 Å². The maximum Gasteiger partial charge on any atom is 0.323 e. The van der Waals surface area contributed by atoms with Crippen LogP contribution in [0.2, 0.25) is 0 Å². The van der Waals surface area contributed by atoms with Gasteiger partial charge in [0.2, 0.25) is 6.79 Å². The van der Waals surface area contributed by atoms with Crippen LogP contribution in [0.25, 0.3) is 0 Å². The van der Waals surface area contributed by atoms with E-state index >= 15 is 0 Å². The van der Waals surface area contributed by atoms with Crippen molar-refractivity contribution in [2.45, 2.75) is 25.9 Å². The predicted molar refractivity (Wildman–Crippen MR) is 160 cm³/mol. The Kier molecular flexibility index (Phi) is 8.56. The number of hydrogen-bond donors (Lipinski definition) is 5. The lowest BCUT2D eigenvalue weighted by Crippen LogP contribution is -2.36. The average Bonchev–Trinajstić information content (AvgIpc) is 3.45. The van der Waals surface area contributed by atoms with Crippen LogP contribution in [0.1, 0.15) is 29.2 Å². The van der Waals surface area contributed by atoms with Crippen molar-refractivity contribution >= 4 is 35.1 Å². The Morgan fingerprint density at radius 1 is 0.860 bits per heavy atom. The molecular weight excluding hydrogens is 554 g/mol. The maximum absolute atomic E-state index is 13.1. The van der Waals surface area contributed by atoms with Gasteiger partial charge in [-0.3, -0.25) is 9.59 Å². The minimum atomic E-state index is -1.11. The van der Waals surface area contributed by atoms with Crippen LogP contribution in [0.15, 0.2) is 89.9 Å². The molecule has 0 spiro atoms. The number of carbonyl (C=O) groups excluding carboxylic acids is 2. The number of benzene rings is 3. The second-order valence-corrected chi connectivity index (χ2v) is 9.81. The zero-order valence-electron chi connectivity index (χ0n) is 23.1. The van der Waals surface area contributed by atoms with Crippen molar-refractivity contribution in [2.75, 3.05) is 22.7 Å². The summed E-state index contributed by atoms with van der Waals surface area (Å²) in [4.78, 5) is 49.8. The lowest BCUT2D eigenvalue weighted by atomic mass is 10.0. The Morgan fingerprint density at radius 2 is 1.58 bits per heavy atom. The number of para-hydroxylation sites is 1. The summed E-state index contributed by atoms with van der Waals surface area (Å²) in [5, 5.41) is 20.1. The third-order valence-electron chi connectivity index (χ3n) is 6.71. The van der Waals surface area contributed by atoms with Crippen molar-refractivity contribution < 1.29 is 29.0 Å². The molecule has 12 heteroatoms. The molecule has 1 aliphatic heterocycles. The van der Waals surface area contributed by atoms with Gasteiger partial charge in [0.15, 0.2) is 11.5 Å². The number of aryl methyl sites for hydroxylation is 1. The fraction of sp³-hybridized carbons (Fsp3) is 0.161. The van der Waals surface area contributed by atoms with E-state index in [1.54, 1.807) is 54.7 Å². The summed E-state index contributed by atoms with van der Waals surface area (Å²) in [6.45, 7) is 2.17. The number of carboxylic acid groups (broad SMARTS) is 1. The number of nitrogens with one attached hydrogen (secondary N) is 4. The van der Waals surface area contributed by atoms with Crippen LogP contribution in [0, 0.1) is 6.92 Å². The van der Waals surface area contributed by atoms with E-state index in [-0.39, 0.29) is 31.5 Å². The Morgan fingerprint density at radius 3 is 2.35 bits per heavy atom. The number of fused-ring (bicyclic) bond motifs is 1. The molecule has 1 aromatic heterocycles. The van der Waals surface area contributed by atoms with Crippen molar-refractivity contribution in [1.82, 2.24) is 9.88 Å². The van der Waals surface area contributed by atoms with E-state index in [1.807, 2.05) is 31.2 Å². The van der Waals surface area contributed by atoms with Gasteiger partial charge in [0, 0.05) is 17.6 Å². The van der Waals surface area contributed by atoms with Gasteiger partial charge in [-0.05, 0) is 66.1 Å². The highest BCUT2D eigenvalue weighted by Gasteiger charge is 2.22. The molecule has 1 atom stereocenters.